The van der Waals surface area contributed by atoms with Crippen LogP contribution in [0.2, 0.25) is 0 Å². The zero-order chi connectivity index (χ0) is 13.5. The molecule has 1 N–H and O–H groups in total. The Bertz CT molecular complexity index is 400. The van der Waals surface area contributed by atoms with Gasteiger partial charge in [0.15, 0.2) is 0 Å². The lowest BCUT2D eigenvalue weighted by Gasteiger charge is -2.08. The van der Waals surface area contributed by atoms with E-state index in [2.05, 4.69) is 5.32 Å². The highest BCUT2D eigenvalue weighted by Gasteiger charge is 2.14. The van der Waals surface area contributed by atoms with Gasteiger partial charge in [0.25, 0.3) is 5.69 Å². The molecule has 1 atom stereocenters. The van der Waals surface area contributed by atoms with Crippen LogP contribution in [-0.2, 0) is 11.2 Å². The predicted molar refractivity (Wildman–Crippen MR) is 73.2 cm³/mol. The predicted octanol–water partition coefficient (Wildman–Crippen LogP) is 2.15. The van der Waals surface area contributed by atoms with Gasteiger partial charge in [0, 0.05) is 25.3 Å². The number of nitrogens with zero attached hydrogens (tertiary/aromatic N) is 1. The van der Waals surface area contributed by atoms with E-state index in [0.717, 1.165) is 38.3 Å². The van der Waals surface area contributed by atoms with Crippen LogP contribution in [0.1, 0.15) is 18.4 Å². The summed E-state index contributed by atoms with van der Waals surface area (Å²) >= 11 is 0. The van der Waals surface area contributed by atoms with Crippen molar-refractivity contribution in [1.82, 2.24) is 5.32 Å². The van der Waals surface area contributed by atoms with Crippen LogP contribution in [0.15, 0.2) is 24.3 Å². The minimum atomic E-state index is -0.369. The summed E-state index contributed by atoms with van der Waals surface area (Å²) < 4.78 is 5.33. The number of benzene rings is 1. The van der Waals surface area contributed by atoms with E-state index in [1.807, 2.05) is 12.1 Å². The fourth-order valence-electron chi connectivity index (χ4n) is 2.26. The Morgan fingerprint density at radius 2 is 2.11 bits per heavy atom. The molecule has 5 heteroatoms. The number of hydrogen-bond acceptors (Lipinski definition) is 4. The quantitative estimate of drug-likeness (QED) is 0.465. The molecule has 104 valence electrons. The normalized spacial score (nSPS) is 18.6. The van der Waals surface area contributed by atoms with Gasteiger partial charge in [-0.05, 0) is 43.8 Å². The summed E-state index contributed by atoms with van der Waals surface area (Å²) in [6, 6.07) is 6.77. The van der Waals surface area contributed by atoms with Crippen LogP contribution in [0.5, 0.6) is 0 Å². The lowest BCUT2D eigenvalue weighted by molar-refractivity contribution is -0.384. The van der Waals surface area contributed by atoms with E-state index in [4.69, 9.17) is 4.74 Å². The molecule has 5 nitrogen and oxygen atoms in total. The molecule has 1 heterocycles. The average molecular weight is 264 g/mol. The van der Waals surface area contributed by atoms with Crippen molar-refractivity contribution in [2.24, 2.45) is 5.92 Å². The third kappa shape index (κ3) is 4.61. The fourth-order valence-corrected chi connectivity index (χ4v) is 2.26. The molecule has 1 aromatic carbocycles. The Balaban J connectivity index is 1.61. The van der Waals surface area contributed by atoms with Crippen molar-refractivity contribution >= 4 is 5.69 Å². The summed E-state index contributed by atoms with van der Waals surface area (Å²) in [5.41, 5.74) is 1.28. The van der Waals surface area contributed by atoms with E-state index in [0.29, 0.717) is 5.92 Å². The molecule has 0 spiro atoms. The molecule has 0 saturated carbocycles. The molecule has 0 aliphatic carbocycles. The summed E-state index contributed by atoms with van der Waals surface area (Å²) in [5, 5.41) is 13.9. The number of nitro benzene ring substituents is 1. The van der Waals surface area contributed by atoms with Gasteiger partial charge in [-0.3, -0.25) is 10.1 Å². The van der Waals surface area contributed by atoms with Crippen LogP contribution in [0.25, 0.3) is 0 Å². The number of ether oxygens (including phenoxy) is 1. The molecule has 1 unspecified atom stereocenters. The molecule has 0 amide bonds. The third-order valence-electron chi connectivity index (χ3n) is 3.49. The molecule has 19 heavy (non-hydrogen) atoms. The van der Waals surface area contributed by atoms with Crippen LogP contribution in [0.4, 0.5) is 5.69 Å². The first kappa shape index (κ1) is 14.0. The van der Waals surface area contributed by atoms with Crippen LogP contribution >= 0.6 is 0 Å². The third-order valence-corrected chi connectivity index (χ3v) is 3.49. The summed E-state index contributed by atoms with van der Waals surface area (Å²) in [6.07, 6.45) is 3.25. The maximum absolute atomic E-state index is 10.5. The zero-order valence-corrected chi connectivity index (χ0v) is 11.0. The standard InChI is InChI=1S/C14H20N2O3/c17-16(18)14-3-1-12(2-4-14)5-8-15-9-6-13-7-10-19-11-13/h1-4,13,15H,5-11H2. The number of non-ortho nitro benzene ring substituents is 1. The molecule has 1 aromatic rings. The highest BCUT2D eigenvalue weighted by molar-refractivity contribution is 5.32. The Labute approximate surface area is 113 Å². The van der Waals surface area contributed by atoms with Gasteiger partial charge >= 0.3 is 0 Å². The van der Waals surface area contributed by atoms with E-state index in [1.54, 1.807) is 12.1 Å². The van der Waals surface area contributed by atoms with Gasteiger partial charge in [0.2, 0.25) is 0 Å². The van der Waals surface area contributed by atoms with Crippen molar-refractivity contribution in [2.45, 2.75) is 19.3 Å². The van der Waals surface area contributed by atoms with E-state index < -0.39 is 0 Å². The number of nitrogens with one attached hydrogen (secondary N) is 1. The minimum absolute atomic E-state index is 0.151. The average Bonchev–Trinajstić information content (AvgIpc) is 2.92. The molecule has 1 fully saturated rings. The van der Waals surface area contributed by atoms with Gasteiger partial charge in [-0.25, -0.2) is 0 Å². The minimum Gasteiger partial charge on any atom is -0.381 e. The topological polar surface area (TPSA) is 64.4 Å². The smallest absolute Gasteiger partial charge is 0.269 e. The first-order valence-corrected chi connectivity index (χ1v) is 6.77. The van der Waals surface area contributed by atoms with Crippen LogP contribution in [-0.4, -0.2) is 31.2 Å². The molecule has 0 bridgehead atoms. The molecule has 0 aromatic heterocycles. The second-order valence-corrected chi connectivity index (χ2v) is 4.94. The highest BCUT2D eigenvalue weighted by Crippen LogP contribution is 2.15. The Hall–Kier alpha value is -1.46. The van der Waals surface area contributed by atoms with Gasteiger partial charge in [0.05, 0.1) is 4.92 Å². The summed E-state index contributed by atoms with van der Waals surface area (Å²) in [4.78, 5) is 10.2. The molecule has 1 aliphatic rings. The molecular weight excluding hydrogens is 244 g/mol. The van der Waals surface area contributed by atoms with E-state index in [-0.39, 0.29) is 10.6 Å². The monoisotopic (exact) mass is 264 g/mol. The van der Waals surface area contributed by atoms with Gasteiger partial charge in [-0.2, -0.15) is 0 Å². The molecule has 1 aliphatic heterocycles. The van der Waals surface area contributed by atoms with Crippen molar-refractivity contribution in [2.75, 3.05) is 26.3 Å². The van der Waals surface area contributed by atoms with Gasteiger partial charge in [0.1, 0.15) is 0 Å². The molecule has 2 rings (SSSR count). The van der Waals surface area contributed by atoms with Crippen molar-refractivity contribution in [3.8, 4) is 0 Å². The van der Waals surface area contributed by atoms with Gasteiger partial charge in [-0.15, -0.1) is 0 Å². The fraction of sp³-hybridized carbons (Fsp3) is 0.571. The lowest BCUT2D eigenvalue weighted by Crippen LogP contribution is -2.21. The highest BCUT2D eigenvalue weighted by atomic mass is 16.6. The first-order valence-electron chi connectivity index (χ1n) is 6.77. The molecule has 0 radical (unpaired) electrons. The van der Waals surface area contributed by atoms with Crippen LogP contribution in [0.3, 0.4) is 0 Å². The Kier molecular flexibility index (Phi) is 5.30. The van der Waals surface area contributed by atoms with Crippen LogP contribution in [0, 0.1) is 16.0 Å². The largest absolute Gasteiger partial charge is 0.381 e. The molecule has 1 saturated heterocycles. The van der Waals surface area contributed by atoms with Crippen molar-refractivity contribution in [3.05, 3.63) is 39.9 Å². The van der Waals surface area contributed by atoms with Crippen molar-refractivity contribution in [3.63, 3.8) is 0 Å². The lowest BCUT2D eigenvalue weighted by atomic mass is 10.1. The maximum Gasteiger partial charge on any atom is 0.269 e. The summed E-state index contributed by atoms with van der Waals surface area (Å²) in [6.45, 7) is 3.74. The first-order chi connectivity index (χ1) is 9.25. The van der Waals surface area contributed by atoms with Crippen LogP contribution < -0.4 is 5.32 Å². The summed E-state index contributed by atoms with van der Waals surface area (Å²) in [7, 11) is 0. The van der Waals surface area contributed by atoms with Gasteiger partial charge < -0.3 is 10.1 Å². The Morgan fingerprint density at radius 3 is 2.74 bits per heavy atom. The van der Waals surface area contributed by atoms with E-state index >= 15 is 0 Å². The maximum atomic E-state index is 10.5. The summed E-state index contributed by atoms with van der Waals surface area (Å²) in [5.74, 6) is 0.715. The van der Waals surface area contributed by atoms with Gasteiger partial charge in [-0.1, -0.05) is 12.1 Å². The van der Waals surface area contributed by atoms with E-state index in [1.165, 1.54) is 12.8 Å². The second kappa shape index (κ2) is 7.21. The SMILES string of the molecule is O=[N+]([O-])c1ccc(CCNCCC2CCOC2)cc1. The second-order valence-electron chi connectivity index (χ2n) is 4.94. The molecular formula is C14H20N2O3. The zero-order valence-electron chi connectivity index (χ0n) is 11.0. The Morgan fingerprint density at radius 1 is 1.32 bits per heavy atom. The number of hydrogen-bond donors (Lipinski definition) is 1. The van der Waals surface area contributed by atoms with Crippen molar-refractivity contribution < 1.29 is 9.66 Å². The van der Waals surface area contributed by atoms with E-state index in [9.17, 15) is 10.1 Å². The number of rotatable bonds is 7. The van der Waals surface area contributed by atoms with Crippen molar-refractivity contribution in [1.29, 1.82) is 0 Å². The number of nitro groups is 1.